The maximum atomic E-state index is 14.0. The van der Waals surface area contributed by atoms with Crippen LogP contribution in [0, 0.1) is 12.7 Å². The molecular weight excluding hydrogens is 381 g/mol. The monoisotopic (exact) mass is 391 g/mol. The summed E-state index contributed by atoms with van der Waals surface area (Å²) in [6.45, 7) is 1.89. The summed E-state index contributed by atoms with van der Waals surface area (Å²) in [7, 11) is 1.84. The van der Waals surface area contributed by atoms with Crippen LogP contribution in [0.4, 0.5) is 4.39 Å². The van der Waals surface area contributed by atoms with Gasteiger partial charge < -0.3 is 5.32 Å². The Balaban J connectivity index is 2.48. The van der Waals surface area contributed by atoms with Gasteiger partial charge in [-0.2, -0.15) is 0 Å². The molecule has 1 atom stereocenters. The van der Waals surface area contributed by atoms with E-state index in [1.165, 1.54) is 0 Å². The predicted octanol–water partition coefficient (Wildman–Crippen LogP) is 5.03. The van der Waals surface area contributed by atoms with Gasteiger partial charge in [-0.05, 0) is 69.1 Å². The van der Waals surface area contributed by atoms with Crippen LogP contribution >= 0.6 is 43.2 Å². The molecule has 5 heteroatoms. The van der Waals surface area contributed by atoms with Gasteiger partial charge in [0.25, 0.3) is 0 Å². The Hall–Kier alpha value is -0.230. The standard InChI is InChI=1S/C13H12Br2FNS/c1-7-3-4-8(10(16)5-7)12(17-2)9-6-11(14)18-13(9)15/h3-6,12,17H,1-2H3. The number of halogens is 3. The highest BCUT2D eigenvalue weighted by Gasteiger charge is 2.20. The van der Waals surface area contributed by atoms with E-state index in [0.717, 1.165) is 18.7 Å². The van der Waals surface area contributed by atoms with Crippen molar-refractivity contribution in [3.63, 3.8) is 0 Å². The Labute approximate surface area is 127 Å². The summed E-state index contributed by atoms with van der Waals surface area (Å²) in [5, 5.41) is 3.16. The molecule has 1 N–H and O–H groups in total. The summed E-state index contributed by atoms with van der Waals surface area (Å²) in [6, 6.07) is 7.19. The molecule has 0 aliphatic rings. The van der Waals surface area contributed by atoms with Gasteiger partial charge in [-0.15, -0.1) is 11.3 Å². The van der Waals surface area contributed by atoms with Crippen molar-refractivity contribution in [1.82, 2.24) is 5.32 Å². The minimum atomic E-state index is -0.177. The Morgan fingerprint density at radius 2 is 1.94 bits per heavy atom. The summed E-state index contributed by atoms with van der Waals surface area (Å²) < 4.78 is 16.1. The van der Waals surface area contributed by atoms with Crippen LogP contribution in [0.25, 0.3) is 0 Å². The molecule has 0 saturated carbocycles. The fourth-order valence-electron chi connectivity index (χ4n) is 1.89. The van der Waals surface area contributed by atoms with Crippen LogP contribution in [0.15, 0.2) is 31.8 Å². The number of nitrogens with one attached hydrogen (secondary N) is 1. The van der Waals surface area contributed by atoms with Crippen molar-refractivity contribution >= 4 is 43.2 Å². The Morgan fingerprint density at radius 1 is 1.22 bits per heavy atom. The zero-order chi connectivity index (χ0) is 13.3. The highest BCUT2D eigenvalue weighted by atomic mass is 79.9. The quantitative estimate of drug-likeness (QED) is 0.772. The molecule has 1 aromatic heterocycles. The van der Waals surface area contributed by atoms with E-state index in [4.69, 9.17) is 0 Å². The maximum Gasteiger partial charge on any atom is 0.128 e. The van der Waals surface area contributed by atoms with Gasteiger partial charge in [0.15, 0.2) is 0 Å². The highest BCUT2D eigenvalue weighted by Crippen LogP contribution is 2.38. The van der Waals surface area contributed by atoms with Crippen molar-refractivity contribution < 1.29 is 4.39 Å². The van der Waals surface area contributed by atoms with Gasteiger partial charge in [-0.3, -0.25) is 0 Å². The highest BCUT2D eigenvalue weighted by molar-refractivity contribution is 9.12. The fourth-order valence-corrected chi connectivity index (χ4v) is 4.80. The number of hydrogen-bond acceptors (Lipinski definition) is 2. The summed E-state index contributed by atoms with van der Waals surface area (Å²) in [6.07, 6.45) is 0. The number of benzene rings is 1. The minimum Gasteiger partial charge on any atom is -0.309 e. The summed E-state index contributed by atoms with van der Waals surface area (Å²) in [4.78, 5) is 0. The Kier molecular flexibility index (Phi) is 4.59. The third-order valence-corrected chi connectivity index (χ3v) is 5.14. The lowest BCUT2D eigenvalue weighted by Crippen LogP contribution is -2.18. The second kappa shape index (κ2) is 5.82. The molecule has 0 aliphatic carbocycles. The Bertz CT molecular complexity index is 568. The van der Waals surface area contributed by atoms with E-state index in [1.807, 2.05) is 32.2 Å². The third kappa shape index (κ3) is 2.85. The van der Waals surface area contributed by atoms with E-state index in [2.05, 4.69) is 37.2 Å². The first kappa shape index (κ1) is 14.2. The molecule has 0 amide bonds. The van der Waals surface area contributed by atoms with Crippen molar-refractivity contribution in [2.75, 3.05) is 7.05 Å². The smallest absolute Gasteiger partial charge is 0.128 e. The van der Waals surface area contributed by atoms with Crippen molar-refractivity contribution in [2.45, 2.75) is 13.0 Å². The van der Waals surface area contributed by atoms with E-state index in [0.29, 0.717) is 5.56 Å². The van der Waals surface area contributed by atoms with Gasteiger partial charge in [0.05, 0.1) is 13.6 Å². The topological polar surface area (TPSA) is 12.0 Å². The minimum absolute atomic E-state index is 0.150. The van der Waals surface area contributed by atoms with Crippen molar-refractivity contribution in [3.8, 4) is 0 Å². The first-order chi connectivity index (χ1) is 8.52. The number of rotatable bonds is 3. The molecule has 0 fully saturated rings. The second-order valence-electron chi connectivity index (χ2n) is 4.03. The van der Waals surface area contributed by atoms with Crippen LogP contribution in [0.5, 0.6) is 0 Å². The molecule has 18 heavy (non-hydrogen) atoms. The molecule has 0 spiro atoms. The molecule has 1 nitrogen and oxygen atoms in total. The van der Waals surface area contributed by atoms with E-state index in [9.17, 15) is 4.39 Å². The fraction of sp³-hybridized carbons (Fsp3) is 0.231. The molecule has 0 radical (unpaired) electrons. The molecule has 1 heterocycles. The summed E-state index contributed by atoms with van der Waals surface area (Å²) in [5.74, 6) is -0.177. The zero-order valence-corrected chi connectivity index (χ0v) is 13.9. The first-order valence-corrected chi connectivity index (χ1v) is 7.81. The van der Waals surface area contributed by atoms with Crippen LogP contribution in [0.2, 0.25) is 0 Å². The predicted molar refractivity (Wildman–Crippen MR) is 81.8 cm³/mol. The molecule has 96 valence electrons. The van der Waals surface area contributed by atoms with Gasteiger partial charge >= 0.3 is 0 Å². The lowest BCUT2D eigenvalue weighted by Gasteiger charge is -2.17. The molecule has 1 aromatic carbocycles. The summed E-state index contributed by atoms with van der Waals surface area (Å²) >= 11 is 8.56. The summed E-state index contributed by atoms with van der Waals surface area (Å²) in [5.41, 5.74) is 2.63. The van der Waals surface area contributed by atoms with E-state index >= 15 is 0 Å². The molecule has 0 saturated heterocycles. The van der Waals surface area contributed by atoms with Crippen LogP contribution in [0.3, 0.4) is 0 Å². The lowest BCUT2D eigenvalue weighted by molar-refractivity contribution is 0.575. The van der Waals surface area contributed by atoms with E-state index in [1.54, 1.807) is 17.4 Å². The molecule has 2 rings (SSSR count). The molecule has 1 unspecified atom stereocenters. The number of thiophene rings is 1. The molecule has 0 aliphatic heterocycles. The van der Waals surface area contributed by atoms with Crippen LogP contribution in [0.1, 0.15) is 22.7 Å². The average molecular weight is 393 g/mol. The number of hydrogen-bond donors (Lipinski definition) is 1. The SMILES string of the molecule is CNC(c1ccc(C)cc1F)c1cc(Br)sc1Br. The lowest BCUT2D eigenvalue weighted by atomic mass is 10.00. The van der Waals surface area contributed by atoms with Gasteiger partial charge in [0, 0.05) is 5.56 Å². The van der Waals surface area contributed by atoms with E-state index in [-0.39, 0.29) is 11.9 Å². The molecular formula is C13H12Br2FNS. The van der Waals surface area contributed by atoms with E-state index < -0.39 is 0 Å². The van der Waals surface area contributed by atoms with Gasteiger partial charge in [-0.25, -0.2) is 4.39 Å². The average Bonchev–Trinajstić information content (AvgIpc) is 2.62. The van der Waals surface area contributed by atoms with Crippen LogP contribution in [-0.4, -0.2) is 7.05 Å². The second-order valence-corrected chi connectivity index (χ2v) is 7.78. The number of aryl methyl sites for hydroxylation is 1. The largest absolute Gasteiger partial charge is 0.309 e. The van der Waals surface area contributed by atoms with Gasteiger partial charge in [0.1, 0.15) is 5.82 Å². The third-order valence-electron chi connectivity index (χ3n) is 2.75. The van der Waals surface area contributed by atoms with Crippen molar-refractivity contribution in [3.05, 3.63) is 54.3 Å². The molecule has 2 aromatic rings. The first-order valence-electron chi connectivity index (χ1n) is 5.41. The van der Waals surface area contributed by atoms with Gasteiger partial charge in [0.2, 0.25) is 0 Å². The molecule has 0 bridgehead atoms. The van der Waals surface area contributed by atoms with Crippen LogP contribution in [-0.2, 0) is 0 Å². The normalized spacial score (nSPS) is 12.7. The zero-order valence-electron chi connectivity index (χ0n) is 9.93. The Morgan fingerprint density at radius 3 is 2.44 bits per heavy atom. The van der Waals surface area contributed by atoms with Crippen molar-refractivity contribution in [1.29, 1.82) is 0 Å². The maximum absolute atomic E-state index is 14.0. The van der Waals surface area contributed by atoms with Gasteiger partial charge in [-0.1, -0.05) is 12.1 Å². The van der Waals surface area contributed by atoms with Crippen LogP contribution < -0.4 is 5.32 Å². The van der Waals surface area contributed by atoms with Crippen molar-refractivity contribution in [2.24, 2.45) is 0 Å².